The van der Waals surface area contributed by atoms with Crippen molar-refractivity contribution in [3.05, 3.63) is 68.4 Å². The average Bonchev–Trinajstić information content (AvgIpc) is 2.68. The molecule has 4 aromatic rings. The van der Waals surface area contributed by atoms with Gasteiger partial charge < -0.3 is 9.15 Å². The van der Waals surface area contributed by atoms with E-state index in [9.17, 15) is 19.2 Å². The molecule has 0 unspecified atom stereocenters. The van der Waals surface area contributed by atoms with Crippen molar-refractivity contribution < 1.29 is 18.7 Å². The Labute approximate surface area is 121 Å². The summed E-state index contributed by atoms with van der Waals surface area (Å²) in [4.78, 5) is 47.8. The number of hydrogen-bond donors (Lipinski definition) is 0. The topological polar surface area (TPSA) is 90.7 Å². The second-order valence-electron chi connectivity index (χ2n) is 4.82. The first-order chi connectivity index (χ1) is 10.6. The average molecular weight is 294 g/mol. The molecule has 1 aliphatic rings. The summed E-state index contributed by atoms with van der Waals surface area (Å²) in [5.74, 6) is -1.89. The third kappa shape index (κ3) is 1.49. The Kier molecular flexibility index (Phi) is 2.33. The molecule has 3 heterocycles. The van der Waals surface area contributed by atoms with Crippen molar-refractivity contribution in [3.63, 3.8) is 0 Å². The lowest BCUT2D eigenvalue weighted by Gasteiger charge is -2.04. The summed E-state index contributed by atoms with van der Waals surface area (Å²) in [5.41, 5.74) is -1.35. The lowest BCUT2D eigenvalue weighted by atomic mass is 9.94. The number of cyclic esters (lactones) is 2. The van der Waals surface area contributed by atoms with Crippen LogP contribution in [0.5, 0.6) is 0 Å². The fraction of sp³-hybridized carbons (Fsp3) is 0. The van der Waals surface area contributed by atoms with Crippen LogP contribution in [0.15, 0.2) is 50.4 Å². The van der Waals surface area contributed by atoms with Crippen molar-refractivity contribution in [1.82, 2.24) is 0 Å². The number of fused-ring (bicyclic) bond motifs is 3. The van der Waals surface area contributed by atoms with Crippen LogP contribution in [0.3, 0.4) is 0 Å². The van der Waals surface area contributed by atoms with Gasteiger partial charge in [-0.1, -0.05) is 30.3 Å². The van der Waals surface area contributed by atoms with Crippen LogP contribution in [0.1, 0.15) is 20.7 Å². The first-order valence-electron chi connectivity index (χ1n) is 6.37. The summed E-state index contributed by atoms with van der Waals surface area (Å²) in [5, 5.41) is -0.258. The van der Waals surface area contributed by atoms with Gasteiger partial charge in [0.15, 0.2) is 0 Å². The predicted molar refractivity (Wildman–Crippen MR) is 75.1 cm³/mol. The Morgan fingerprint density at radius 2 is 1.45 bits per heavy atom. The summed E-state index contributed by atoms with van der Waals surface area (Å²) in [6.45, 7) is 0. The molecule has 0 amide bonds. The second kappa shape index (κ2) is 4.11. The lowest BCUT2D eigenvalue weighted by molar-refractivity contribution is 0.0445. The number of rotatable bonds is 1. The van der Waals surface area contributed by atoms with E-state index in [2.05, 4.69) is 9.15 Å². The predicted octanol–water partition coefficient (Wildman–Crippen LogP) is 1.57. The zero-order valence-corrected chi connectivity index (χ0v) is 10.9. The highest BCUT2D eigenvalue weighted by Gasteiger charge is 2.37. The van der Waals surface area contributed by atoms with Crippen molar-refractivity contribution in [2.45, 2.75) is 0 Å². The Morgan fingerprint density at radius 1 is 0.773 bits per heavy atom. The van der Waals surface area contributed by atoms with E-state index in [4.69, 9.17) is 0 Å². The van der Waals surface area contributed by atoms with E-state index in [1.54, 1.807) is 30.3 Å². The number of esters is 2. The van der Waals surface area contributed by atoms with Gasteiger partial charge in [0.2, 0.25) is 0 Å². The first kappa shape index (κ1) is 12.5. The molecule has 0 N–H and O–H groups in total. The minimum atomic E-state index is -0.968. The van der Waals surface area contributed by atoms with E-state index in [0.717, 1.165) is 0 Å². The molecule has 0 aliphatic carbocycles. The fourth-order valence-corrected chi connectivity index (χ4v) is 2.69. The zero-order valence-electron chi connectivity index (χ0n) is 10.9. The van der Waals surface area contributed by atoms with Gasteiger partial charge in [-0.2, -0.15) is 0 Å². The largest absolute Gasteiger partial charge is 0.386 e. The van der Waals surface area contributed by atoms with E-state index >= 15 is 0 Å². The van der Waals surface area contributed by atoms with Crippen molar-refractivity contribution in [2.75, 3.05) is 0 Å². The summed E-state index contributed by atoms with van der Waals surface area (Å²) in [6, 6.07) is 10.1. The summed E-state index contributed by atoms with van der Waals surface area (Å²) < 4.78 is 9.22. The Bertz CT molecular complexity index is 1060. The molecule has 0 fully saturated rings. The van der Waals surface area contributed by atoms with E-state index in [1.165, 1.54) is 6.07 Å². The molecule has 0 atom stereocenters. The highest BCUT2D eigenvalue weighted by Crippen LogP contribution is 2.34. The number of carbonyl (C=O) groups is 2. The minimum Gasteiger partial charge on any atom is -0.386 e. The third-order valence-electron chi connectivity index (χ3n) is 3.62. The minimum absolute atomic E-state index is 0.119. The van der Waals surface area contributed by atoms with Crippen molar-refractivity contribution in [1.29, 1.82) is 0 Å². The molecule has 5 rings (SSSR count). The molecule has 22 heavy (non-hydrogen) atoms. The molecule has 0 radical (unpaired) electrons. The van der Waals surface area contributed by atoms with Gasteiger partial charge >= 0.3 is 23.2 Å². The van der Waals surface area contributed by atoms with Gasteiger partial charge in [0, 0.05) is 0 Å². The molecule has 0 saturated heterocycles. The smallest absolute Gasteiger partial charge is 0.347 e. The van der Waals surface area contributed by atoms with Crippen LogP contribution in [0, 0.1) is 0 Å². The zero-order chi connectivity index (χ0) is 15.4. The lowest BCUT2D eigenvalue weighted by Crippen LogP contribution is -2.07. The highest BCUT2D eigenvalue weighted by molar-refractivity contribution is 6.24. The van der Waals surface area contributed by atoms with Gasteiger partial charge in [-0.3, -0.25) is 0 Å². The normalized spacial score (nSPS) is 13.5. The highest BCUT2D eigenvalue weighted by atomic mass is 16.6. The van der Waals surface area contributed by atoms with Gasteiger partial charge in [-0.25, -0.2) is 19.2 Å². The van der Waals surface area contributed by atoms with Gasteiger partial charge in [0.1, 0.15) is 0 Å². The van der Waals surface area contributed by atoms with E-state index < -0.39 is 23.2 Å². The maximum Gasteiger partial charge on any atom is 0.347 e. The molecule has 0 spiro atoms. The quantitative estimate of drug-likeness (QED) is 0.500. The Balaban J connectivity index is 2.30. The Hall–Kier alpha value is -3.28. The maximum atomic E-state index is 12.2. The van der Waals surface area contributed by atoms with E-state index in [-0.39, 0.29) is 21.9 Å². The molecule has 2 aromatic heterocycles. The molecule has 6 heteroatoms. The van der Waals surface area contributed by atoms with Gasteiger partial charge in [0.25, 0.3) is 0 Å². The van der Waals surface area contributed by atoms with E-state index in [0.29, 0.717) is 11.1 Å². The summed E-state index contributed by atoms with van der Waals surface area (Å²) in [7, 11) is 0. The SMILES string of the molecule is O=C1OC(=O)c2c1c1cc(-c3ccccc3)c2c(=O)oc1=O. The number of benzene rings is 2. The molecule has 2 bridgehead atoms. The van der Waals surface area contributed by atoms with Crippen molar-refractivity contribution in [2.24, 2.45) is 0 Å². The molecular weight excluding hydrogens is 288 g/mol. The van der Waals surface area contributed by atoms with Crippen LogP contribution in [0.4, 0.5) is 0 Å². The van der Waals surface area contributed by atoms with Gasteiger partial charge in [-0.05, 0) is 17.2 Å². The molecule has 106 valence electrons. The second-order valence-corrected chi connectivity index (χ2v) is 4.82. The number of carbonyl (C=O) groups excluding carboxylic acids is 2. The molecule has 0 saturated carbocycles. The van der Waals surface area contributed by atoms with Gasteiger partial charge in [-0.15, -0.1) is 0 Å². The van der Waals surface area contributed by atoms with Gasteiger partial charge in [0.05, 0.1) is 21.9 Å². The van der Waals surface area contributed by atoms with Crippen LogP contribution in [0.25, 0.3) is 21.9 Å². The number of ether oxygens (including phenoxy) is 1. The standard InChI is InChI=1S/C16H6O6/c17-13-9-6-8(7-4-2-1-3-5-7)10(14(18)21-13)12-11(9)15(19)22-16(12)20/h1-6H. The molecular formula is C16H6O6. The van der Waals surface area contributed by atoms with Crippen LogP contribution in [-0.4, -0.2) is 11.9 Å². The van der Waals surface area contributed by atoms with Crippen LogP contribution in [0.2, 0.25) is 0 Å². The van der Waals surface area contributed by atoms with Crippen LogP contribution >= 0.6 is 0 Å². The van der Waals surface area contributed by atoms with Crippen molar-refractivity contribution >= 4 is 22.7 Å². The first-order valence-corrected chi connectivity index (χ1v) is 6.37. The number of hydrogen-bond acceptors (Lipinski definition) is 6. The molecule has 6 nitrogen and oxygen atoms in total. The molecule has 2 aromatic carbocycles. The van der Waals surface area contributed by atoms with Crippen LogP contribution in [-0.2, 0) is 4.74 Å². The maximum absolute atomic E-state index is 12.2. The van der Waals surface area contributed by atoms with Crippen LogP contribution < -0.4 is 11.3 Å². The summed E-state index contributed by atoms with van der Waals surface area (Å²) >= 11 is 0. The molecule has 1 aliphatic heterocycles. The summed E-state index contributed by atoms with van der Waals surface area (Å²) in [6.07, 6.45) is 0. The Morgan fingerprint density at radius 3 is 2.18 bits per heavy atom. The van der Waals surface area contributed by atoms with E-state index in [1.807, 2.05) is 0 Å². The monoisotopic (exact) mass is 294 g/mol. The van der Waals surface area contributed by atoms with Crippen molar-refractivity contribution in [3.8, 4) is 11.1 Å². The third-order valence-corrected chi connectivity index (χ3v) is 3.62. The fourth-order valence-electron chi connectivity index (χ4n) is 2.69.